The van der Waals surface area contributed by atoms with Gasteiger partial charge in [0.2, 0.25) is 0 Å². The van der Waals surface area contributed by atoms with Gasteiger partial charge in [0.1, 0.15) is 0 Å². The lowest BCUT2D eigenvalue weighted by molar-refractivity contribution is 0.0634. The largest absolute Gasteiger partial charge is 0.459 e. The molecule has 0 saturated carbocycles. The molecule has 1 amide bonds. The molecule has 0 aromatic carbocycles. The van der Waals surface area contributed by atoms with E-state index in [2.05, 4.69) is 4.90 Å². The lowest BCUT2D eigenvalue weighted by atomic mass is 10.2. The maximum absolute atomic E-state index is 12.6. The Balaban J connectivity index is 1.71. The molecule has 2 aliphatic rings. The molecule has 2 fully saturated rings. The fraction of sp³-hybridized carbons (Fsp3) is 0.667. The van der Waals surface area contributed by atoms with Crippen LogP contribution in [0.3, 0.4) is 0 Å². The van der Waals surface area contributed by atoms with Crippen molar-refractivity contribution in [3.8, 4) is 0 Å². The fourth-order valence-electron chi connectivity index (χ4n) is 3.05. The zero-order chi connectivity index (χ0) is 13.8. The molecule has 20 heavy (non-hydrogen) atoms. The van der Waals surface area contributed by atoms with Crippen molar-refractivity contribution in [1.82, 2.24) is 9.80 Å². The number of amides is 1. The molecule has 0 bridgehead atoms. The summed E-state index contributed by atoms with van der Waals surface area (Å²) in [6, 6.07) is 3.88. The molecule has 0 radical (unpaired) electrons. The first kappa shape index (κ1) is 14.0. The van der Waals surface area contributed by atoms with Crippen molar-refractivity contribution in [2.24, 2.45) is 0 Å². The summed E-state index contributed by atoms with van der Waals surface area (Å²) in [5.41, 5.74) is 0. The van der Waals surface area contributed by atoms with Crippen LogP contribution in [0, 0.1) is 0 Å². The summed E-state index contributed by atoms with van der Waals surface area (Å²) in [6.07, 6.45) is 5.25. The molecule has 0 aliphatic carbocycles. The van der Waals surface area contributed by atoms with Gasteiger partial charge in [-0.1, -0.05) is 0 Å². The Kier molecular flexibility index (Phi) is 4.68. The van der Waals surface area contributed by atoms with Crippen LogP contribution in [0.2, 0.25) is 0 Å². The van der Waals surface area contributed by atoms with Crippen LogP contribution in [0.25, 0.3) is 0 Å². The van der Waals surface area contributed by atoms with Gasteiger partial charge < -0.3 is 14.2 Å². The quantitative estimate of drug-likeness (QED) is 0.857. The average molecular weight is 294 g/mol. The summed E-state index contributed by atoms with van der Waals surface area (Å²) >= 11 is 1.97. The number of hydrogen-bond donors (Lipinski definition) is 0. The number of likely N-dealkylation sites (tertiary alicyclic amines) is 1. The van der Waals surface area contributed by atoms with Gasteiger partial charge in [0.05, 0.1) is 12.3 Å². The van der Waals surface area contributed by atoms with Crippen LogP contribution >= 0.6 is 11.8 Å². The van der Waals surface area contributed by atoms with Gasteiger partial charge in [0.25, 0.3) is 5.91 Å². The molecular weight excluding hydrogens is 272 g/mol. The smallest absolute Gasteiger partial charge is 0.289 e. The molecule has 3 heterocycles. The van der Waals surface area contributed by atoms with E-state index >= 15 is 0 Å². The Labute approximate surface area is 124 Å². The van der Waals surface area contributed by atoms with Crippen LogP contribution < -0.4 is 0 Å². The van der Waals surface area contributed by atoms with E-state index in [4.69, 9.17) is 4.42 Å². The Morgan fingerprint density at radius 3 is 2.90 bits per heavy atom. The first-order valence-corrected chi connectivity index (χ1v) is 8.64. The van der Waals surface area contributed by atoms with Crippen molar-refractivity contribution < 1.29 is 9.21 Å². The minimum absolute atomic E-state index is 0.0571. The number of carbonyl (C=O) groups excluding carboxylic acids is 1. The summed E-state index contributed by atoms with van der Waals surface area (Å²) < 4.78 is 5.30. The normalized spacial score (nSPS) is 24.8. The summed E-state index contributed by atoms with van der Waals surface area (Å²) in [5.74, 6) is 2.73. The number of furan rings is 1. The van der Waals surface area contributed by atoms with Gasteiger partial charge in [-0.2, -0.15) is 11.8 Å². The molecule has 1 aromatic rings. The second-order valence-corrected chi connectivity index (χ2v) is 6.72. The van der Waals surface area contributed by atoms with Crippen LogP contribution in [0.4, 0.5) is 0 Å². The monoisotopic (exact) mass is 294 g/mol. The first-order chi connectivity index (χ1) is 9.84. The average Bonchev–Trinajstić information content (AvgIpc) is 3.10. The van der Waals surface area contributed by atoms with Crippen molar-refractivity contribution >= 4 is 17.7 Å². The minimum Gasteiger partial charge on any atom is -0.459 e. The van der Waals surface area contributed by atoms with Gasteiger partial charge in [-0.15, -0.1) is 0 Å². The van der Waals surface area contributed by atoms with Crippen molar-refractivity contribution in [1.29, 1.82) is 0 Å². The van der Waals surface area contributed by atoms with Crippen molar-refractivity contribution in [2.75, 3.05) is 37.7 Å². The molecule has 0 unspecified atom stereocenters. The standard InChI is InChI=1S/C15H22N2O2S/c18-15(14-5-3-9-19-14)17-8-4-10-20-12-13(17)11-16-6-1-2-7-16/h3,5,9,13H,1-2,4,6-8,10-12H2/t13-/m0/s1. The van der Waals surface area contributed by atoms with Gasteiger partial charge >= 0.3 is 0 Å². The van der Waals surface area contributed by atoms with Crippen LogP contribution in [-0.4, -0.2) is 59.4 Å². The highest BCUT2D eigenvalue weighted by molar-refractivity contribution is 7.99. The number of rotatable bonds is 3. The SMILES string of the molecule is O=C(c1ccco1)N1CCCSC[C@@H]1CN1CCCC1. The number of carbonyl (C=O) groups is 1. The number of nitrogens with zero attached hydrogens (tertiary/aromatic N) is 2. The third-order valence-electron chi connectivity index (χ3n) is 4.10. The Hall–Kier alpha value is -0.940. The molecule has 0 spiro atoms. The van der Waals surface area contributed by atoms with E-state index in [-0.39, 0.29) is 5.91 Å². The molecule has 5 heteroatoms. The van der Waals surface area contributed by atoms with Gasteiger partial charge in [-0.25, -0.2) is 0 Å². The van der Waals surface area contributed by atoms with Crippen LogP contribution in [-0.2, 0) is 0 Å². The Morgan fingerprint density at radius 1 is 1.30 bits per heavy atom. The van der Waals surface area contributed by atoms with E-state index in [0.29, 0.717) is 11.8 Å². The molecule has 2 aliphatic heterocycles. The topological polar surface area (TPSA) is 36.7 Å². The summed E-state index contributed by atoms with van der Waals surface area (Å²) in [6.45, 7) is 4.23. The predicted octanol–water partition coefficient (Wildman–Crippen LogP) is 2.32. The van der Waals surface area contributed by atoms with E-state index in [1.54, 1.807) is 18.4 Å². The Morgan fingerprint density at radius 2 is 2.15 bits per heavy atom. The Bertz CT molecular complexity index is 429. The van der Waals surface area contributed by atoms with Gasteiger partial charge in [-0.05, 0) is 50.2 Å². The fourth-order valence-corrected chi connectivity index (χ4v) is 4.11. The van der Waals surface area contributed by atoms with Crippen LogP contribution in [0.1, 0.15) is 29.8 Å². The van der Waals surface area contributed by atoms with Gasteiger partial charge in [0.15, 0.2) is 5.76 Å². The third-order valence-corrected chi connectivity index (χ3v) is 5.30. The number of hydrogen-bond acceptors (Lipinski definition) is 4. The molecule has 4 nitrogen and oxygen atoms in total. The maximum atomic E-state index is 12.6. The van der Waals surface area contributed by atoms with Crippen LogP contribution in [0.5, 0.6) is 0 Å². The summed E-state index contributed by atoms with van der Waals surface area (Å²) in [7, 11) is 0. The highest BCUT2D eigenvalue weighted by Crippen LogP contribution is 2.21. The second kappa shape index (κ2) is 6.68. The van der Waals surface area contributed by atoms with E-state index in [0.717, 1.165) is 31.0 Å². The maximum Gasteiger partial charge on any atom is 0.289 e. The molecule has 110 valence electrons. The first-order valence-electron chi connectivity index (χ1n) is 7.49. The lowest BCUT2D eigenvalue weighted by Gasteiger charge is -2.32. The predicted molar refractivity (Wildman–Crippen MR) is 81.1 cm³/mol. The van der Waals surface area contributed by atoms with E-state index < -0.39 is 0 Å². The molecule has 0 N–H and O–H groups in total. The minimum atomic E-state index is 0.0571. The highest BCUT2D eigenvalue weighted by atomic mass is 32.2. The third kappa shape index (κ3) is 3.20. The van der Waals surface area contributed by atoms with E-state index in [1.165, 1.54) is 25.9 Å². The summed E-state index contributed by atoms with van der Waals surface area (Å²) in [4.78, 5) is 17.1. The van der Waals surface area contributed by atoms with Gasteiger partial charge in [-0.3, -0.25) is 4.79 Å². The molecule has 3 rings (SSSR count). The van der Waals surface area contributed by atoms with Crippen molar-refractivity contribution in [2.45, 2.75) is 25.3 Å². The zero-order valence-electron chi connectivity index (χ0n) is 11.8. The van der Waals surface area contributed by atoms with Crippen molar-refractivity contribution in [3.63, 3.8) is 0 Å². The van der Waals surface area contributed by atoms with E-state index in [1.807, 2.05) is 16.7 Å². The number of thioether (sulfide) groups is 1. The summed E-state index contributed by atoms with van der Waals surface area (Å²) in [5, 5.41) is 0. The molecule has 1 aromatic heterocycles. The van der Waals surface area contributed by atoms with E-state index in [9.17, 15) is 4.79 Å². The molecule has 1 atom stereocenters. The van der Waals surface area contributed by atoms with Crippen molar-refractivity contribution in [3.05, 3.63) is 24.2 Å². The highest BCUT2D eigenvalue weighted by Gasteiger charge is 2.29. The molecule has 2 saturated heterocycles. The van der Waals surface area contributed by atoms with Crippen LogP contribution in [0.15, 0.2) is 22.8 Å². The lowest BCUT2D eigenvalue weighted by Crippen LogP contribution is -2.47. The second-order valence-electron chi connectivity index (χ2n) is 5.57. The van der Waals surface area contributed by atoms with Gasteiger partial charge in [0, 0.05) is 18.8 Å². The zero-order valence-corrected chi connectivity index (χ0v) is 12.6. The molecular formula is C15H22N2O2S.